The fourth-order valence-electron chi connectivity index (χ4n) is 2.91. The quantitative estimate of drug-likeness (QED) is 0.583. The molecule has 0 atom stereocenters. The topological polar surface area (TPSA) is 75.4 Å². The lowest BCUT2D eigenvalue weighted by molar-refractivity contribution is 0.0827. The summed E-state index contributed by atoms with van der Waals surface area (Å²) in [5.74, 6) is 1.33. The molecule has 0 aliphatic carbocycles. The highest BCUT2D eigenvalue weighted by atomic mass is 16.2. The molecule has 0 radical (unpaired) electrons. The Labute approximate surface area is 162 Å². The van der Waals surface area contributed by atoms with E-state index in [2.05, 4.69) is 20.4 Å². The Morgan fingerprint density at radius 3 is 2.54 bits per heavy atom. The van der Waals surface area contributed by atoms with Gasteiger partial charge < -0.3 is 10.2 Å². The smallest absolute Gasteiger partial charge is 0.254 e. The maximum atomic E-state index is 12.0. The van der Waals surface area contributed by atoms with Crippen LogP contribution in [-0.4, -0.2) is 44.5 Å². The van der Waals surface area contributed by atoms with E-state index < -0.39 is 0 Å². The van der Waals surface area contributed by atoms with Crippen molar-refractivity contribution in [2.75, 3.05) is 19.4 Å². The van der Waals surface area contributed by atoms with Crippen LogP contribution in [0.4, 0.5) is 5.82 Å². The van der Waals surface area contributed by atoms with E-state index in [1.165, 1.54) is 6.33 Å². The van der Waals surface area contributed by atoms with Crippen LogP contribution in [0.3, 0.4) is 0 Å². The normalized spacial score (nSPS) is 10.8. The van der Waals surface area contributed by atoms with Crippen molar-refractivity contribution in [2.24, 2.45) is 0 Å². The van der Waals surface area contributed by atoms with Gasteiger partial charge >= 0.3 is 0 Å². The molecule has 1 N–H and O–H groups in total. The van der Waals surface area contributed by atoms with Crippen molar-refractivity contribution >= 4 is 17.5 Å². The minimum atomic E-state index is -0.00882. The molecule has 0 fully saturated rings. The number of fused-ring (bicyclic) bond motifs is 1. The number of rotatable bonds is 5. The first-order valence-electron chi connectivity index (χ1n) is 8.92. The van der Waals surface area contributed by atoms with Gasteiger partial charge in [-0.2, -0.15) is 14.6 Å². The molecule has 0 saturated carbocycles. The van der Waals surface area contributed by atoms with E-state index in [1.807, 2.05) is 60.7 Å². The monoisotopic (exact) mass is 372 g/mol. The summed E-state index contributed by atoms with van der Waals surface area (Å²) in [7, 11) is 3.49. The Balaban J connectivity index is 1.58. The minimum absolute atomic E-state index is 0.00882. The van der Waals surface area contributed by atoms with Crippen LogP contribution in [-0.2, 0) is 6.54 Å². The van der Waals surface area contributed by atoms with Crippen molar-refractivity contribution in [3.63, 3.8) is 0 Å². The molecule has 2 aromatic heterocycles. The van der Waals surface area contributed by atoms with Crippen LogP contribution >= 0.6 is 0 Å². The third kappa shape index (κ3) is 3.55. The van der Waals surface area contributed by atoms with Gasteiger partial charge in [-0.25, -0.2) is 4.98 Å². The number of carbonyl (C=O) groups excluding carboxylic acids is 1. The lowest BCUT2D eigenvalue weighted by Gasteiger charge is -2.12. The third-order valence-electron chi connectivity index (χ3n) is 4.40. The molecule has 0 saturated heterocycles. The molecule has 7 nitrogen and oxygen atoms in total. The minimum Gasteiger partial charge on any atom is -0.366 e. The Morgan fingerprint density at radius 2 is 1.82 bits per heavy atom. The van der Waals surface area contributed by atoms with Gasteiger partial charge in [0.2, 0.25) is 0 Å². The zero-order valence-electron chi connectivity index (χ0n) is 15.7. The Morgan fingerprint density at radius 1 is 1.07 bits per heavy atom. The SMILES string of the molecule is CN(C)C(=O)c1ccc(CNc2cc(-c3ccccc3)nc3ncnn23)cc1. The maximum absolute atomic E-state index is 12.0. The van der Waals surface area contributed by atoms with E-state index in [0.717, 1.165) is 22.6 Å². The fourth-order valence-corrected chi connectivity index (χ4v) is 2.91. The zero-order valence-corrected chi connectivity index (χ0v) is 15.7. The Hall–Kier alpha value is -3.74. The molecule has 7 heteroatoms. The zero-order chi connectivity index (χ0) is 19.5. The van der Waals surface area contributed by atoms with Crippen LogP contribution in [0.5, 0.6) is 0 Å². The first-order chi connectivity index (χ1) is 13.6. The highest BCUT2D eigenvalue weighted by Gasteiger charge is 2.10. The van der Waals surface area contributed by atoms with Gasteiger partial charge in [-0.05, 0) is 17.7 Å². The van der Waals surface area contributed by atoms with Crippen molar-refractivity contribution < 1.29 is 4.79 Å². The van der Waals surface area contributed by atoms with Crippen LogP contribution in [0, 0.1) is 0 Å². The number of benzene rings is 2. The van der Waals surface area contributed by atoms with Crippen molar-refractivity contribution in [2.45, 2.75) is 6.54 Å². The fraction of sp³-hybridized carbons (Fsp3) is 0.143. The average Bonchev–Trinajstić information content (AvgIpc) is 3.21. The molecule has 0 unspecified atom stereocenters. The van der Waals surface area contributed by atoms with Gasteiger partial charge in [0.15, 0.2) is 0 Å². The van der Waals surface area contributed by atoms with Crippen LogP contribution in [0.1, 0.15) is 15.9 Å². The second-order valence-corrected chi connectivity index (χ2v) is 6.61. The lowest BCUT2D eigenvalue weighted by Crippen LogP contribution is -2.21. The Kier molecular flexibility index (Phi) is 4.72. The molecule has 140 valence electrons. The van der Waals surface area contributed by atoms with E-state index in [1.54, 1.807) is 23.5 Å². The number of amides is 1. The van der Waals surface area contributed by atoms with E-state index in [0.29, 0.717) is 17.9 Å². The molecule has 2 heterocycles. The van der Waals surface area contributed by atoms with Gasteiger partial charge in [0.25, 0.3) is 11.7 Å². The number of anilines is 1. The predicted octanol–water partition coefficient (Wildman–Crippen LogP) is 3.11. The van der Waals surface area contributed by atoms with Crippen LogP contribution in [0.15, 0.2) is 67.0 Å². The second-order valence-electron chi connectivity index (χ2n) is 6.61. The molecule has 4 rings (SSSR count). The van der Waals surface area contributed by atoms with Gasteiger partial charge in [0.1, 0.15) is 12.1 Å². The molecule has 2 aromatic carbocycles. The summed E-state index contributed by atoms with van der Waals surface area (Å²) in [5.41, 5.74) is 3.57. The van der Waals surface area contributed by atoms with Gasteiger partial charge in [-0.3, -0.25) is 4.79 Å². The first-order valence-corrected chi connectivity index (χ1v) is 8.92. The number of hydrogen-bond donors (Lipinski definition) is 1. The summed E-state index contributed by atoms with van der Waals surface area (Å²) in [6.07, 6.45) is 1.49. The largest absolute Gasteiger partial charge is 0.366 e. The van der Waals surface area contributed by atoms with E-state index in [4.69, 9.17) is 0 Å². The van der Waals surface area contributed by atoms with E-state index in [-0.39, 0.29) is 5.91 Å². The van der Waals surface area contributed by atoms with Gasteiger partial charge in [-0.15, -0.1) is 0 Å². The van der Waals surface area contributed by atoms with Gasteiger partial charge in [-0.1, -0.05) is 42.5 Å². The van der Waals surface area contributed by atoms with Gasteiger partial charge in [0, 0.05) is 37.8 Å². The summed E-state index contributed by atoms with van der Waals surface area (Å²) in [6, 6.07) is 19.5. The van der Waals surface area contributed by atoms with Crippen molar-refractivity contribution in [1.29, 1.82) is 0 Å². The van der Waals surface area contributed by atoms with E-state index >= 15 is 0 Å². The molecule has 0 aliphatic rings. The average molecular weight is 372 g/mol. The van der Waals surface area contributed by atoms with Gasteiger partial charge in [0.05, 0.1) is 5.69 Å². The molecular weight excluding hydrogens is 352 g/mol. The second kappa shape index (κ2) is 7.48. The standard InChI is InChI=1S/C21H20N6O/c1-26(2)20(28)17-10-8-15(9-11-17)13-22-19-12-18(16-6-4-3-5-7-16)25-21-23-14-24-27(19)21/h3-12,14,22H,13H2,1-2H3. The maximum Gasteiger partial charge on any atom is 0.254 e. The van der Waals surface area contributed by atoms with Crippen molar-refractivity contribution in [3.05, 3.63) is 78.1 Å². The summed E-state index contributed by atoms with van der Waals surface area (Å²) in [4.78, 5) is 22.4. The lowest BCUT2D eigenvalue weighted by atomic mass is 10.1. The highest BCUT2D eigenvalue weighted by molar-refractivity contribution is 5.93. The van der Waals surface area contributed by atoms with Crippen LogP contribution in [0.25, 0.3) is 17.0 Å². The number of nitrogens with one attached hydrogen (secondary N) is 1. The van der Waals surface area contributed by atoms with Crippen LogP contribution < -0.4 is 5.32 Å². The van der Waals surface area contributed by atoms with E-state index in [9.17, 15) is 4.79 Å². The molecule has 28 heavy (non-hydrogen) atoms. The number of hydrogen-bond acceptors (Lipinski definition) is 5. The molecule has 0 bridgehead atoms. The summed E-state index contributed by atoms with van der Waals surface area (Å²) in [5, 5.41) is 7.65. The summed E-state index contributed by atoms with van der Waals surface area (Å²) < 4.78 is 1.68. The number of aromatic nitrogens is 4. The Bertz CT molecular complexity index is 1100. The molecule has 1 amide bonds. The molecule has 4 aromatic rings. The van der Waals surface area contributed by atoms with Crippen LogP contribution in [0.2, 0.25) is 0 Å². The summed E-state index contributed by atoms with van der Waals surface area (Å²) >= 11 is 0. The van der Waals surface area contributed by atoms with Crippen molar-refractivity contribution in [3.8, 4) is 11.3 Å². The van der Waals surface area contributed by atoms with Crippen molar-refractivity contribution in [1.82, 2.24) is 24.5 Å². The molecule has 0 aliphatic heterocycles. The summed E-state index contributed by atoms with van der Waals surface area (Å²) in [6.45, 7) is 0.587. The number of nitrogens with zero attached hydrogens (tertiary/aromatic N) is 5. The number of carbonyl (C=O) groups is 1. The molecular formula is C21H20N6O. The first kappa shape index (κ1) is 17.7. The molecule has 0 spiro atoms. The predicted molar refractivity (Wildman–Crippen MR) is 108 cm³/mol. The third-order valence-corrected chi connectivity index (χ3v) is 4.40. The highest BCUT2D eigenvalue weighted by Crippen LogP contribution is 2.21.